The number of ether oxygens (including phenoxy) is 2. The molecule has 0 aliphatic carbocycles. The number of rotatable bonds is 8. The van der Waals surface area contributed by atoms with Gasteiger partial charge in [-0.05, 0) is 62.4 Å². The van der Waals surface area contributed by atoms with Gasteiger partial charge in [0.2, 0.25) is 17.8 Å². The molecule has 2 aromatic rings. The summed E-state index contributed by atoms with van der Waals surface area (Å²) in [6.45, 7) is 8.87. The van der Waals surface area contributed by atoms with Crippen LogP contribution < -0.4 is 20.0 Å². The van der Waals surface area contributed by atoms with Crippen molar-refractivity contribution >= 4 is 55.9 Å². The summed E-state index contributed by atoms with van der Waals surface area (Å²) < 4.78 is 12.8. The number of anilines is 3. The molecule has 170 valence electrons. The van der Waals surface area contributed by atoms with E-state index < -0.39 is 0 Å². The highest BCUT2D eigenvalue weighted by Crippen LogP contribution is 2.34. The molecule has 9 nitrogen and oxygen atoms in total. The first-order valence-electron chi connectivity index (χ1n) is 10.5. The molecule has 0 spiro atoms. The lowest BCUT2D eigenvalue weighted by molar-refractivity contribution is 0.122. The normalized spacial score (nSPS) is 16.6. The molecule has 1 aromatic carbocycles. The largest absolute Gasteiger partial charge is 0.487 e. The molecule has 0 radical (unpaired) electrons. The number of nitrogens with zero attached hydrogens (tertiary/aromatic N) is 6. The standard InChI is InChI=1S/C21H25Br2N7O2/c1-2-9-32-18-16(22)12-15(13-17(18)23)14-24-28-19-25-20(29-5-3-4-6-29)27-21(26-19)30-7-10-31-11-8-30/h2,12-14H,1,3-11H2,(H,25,26,27,28)/b24-14+. The van der Waals surface area contributed by atoms with Gasteiger partial charge in [0.25, 0.3) is 0 Å². The molecule has 11 heteroatoms. The Kier molecular flexibility index (Phi) is 7.93. The Morgan fingerprint density at radius 2 is 1.66 bits per heavy atom. The number of halogens is 2. The average molecular weight is 567 g/mol. The van der Waals surface area contributed by atoms with Crippen LogP contribution in [0, 0.1) is 0 Å². The number of benzene rings is 1. The summed E-state index contributed by atoms with van der Waals surface area (Å²) in [5.74, 6) is 2.48. The van der Waals surface area contributed by atoms with E-state index in [1.165, 1.54) is 0 Å². The molecular formula is C21H25Br2N7O2. The molecule has 1 aromatic heterocycles. The number of hydrogen-bond acceptors (Lipinski definition) is 9. The van der Waals surface area contributed by atoms with Gasteiger partial charge in [-0.3, -0.25) is 0 Å². The lowest BCUT2D eigenvalue weighted by Gasteiger charge is -2.27. The predicted molar refractivity (Wildman–Crippen MR) is 133 cm³/mol. The second-order valence-corrected chi connectivity index (χ2v) is 9.04. The maximum absolute atomic E-state index is 5.66. The Morgan fingerprint density at radius 1 is 1.03 bits per heavy atom. The smallest absolute Gasteiger partial charge is 0.250 e. The summed E-state index contributed by atoms with van der Waals surface area (Å²) >= 11 is 7.08. The molecule has 0 amide bonds. The molecule has 2 aliphatic rings. The SMILES string of the molecule is C=CCOc1c(Br)cc(/C=N/Nc2nc(N3CCCC3)nc(N3CCOCC3)n2)cc1Br. The summed E-state index contributed by atoms with van der Waals surface area (Å²) in [7, 11) is 0. The van der Waals surface area contributed by atoms with E-state index in [4.69, 9.17) is 14.5 Å². The third-order valence-corrected chi connectivity index (χ3v) is 6.22. The van der Waals surface area contributed by atoms with Crippen molar-refractivity contribution in [3.63, 3.8) is 0 Å². The Labute approximate surface area is 204 Å². The molecule has 2 saturated heterocycles. The number of morpholine rings is 1. The fraction of sp³-hybridized carbons (Fsp3) is 0.429. The van der Waals surface area contributed by atoms with Crippen LogP contribution in [0.25, 0.3) is 0 Å². The van der Waals surface area contributed by atoms with Crippen LogP contribution in [0.5, 0.6) is 5.75 Å². The molecule has 0 bridgehead atoms. The van der Waals surface area contributed by atoms with Crippen LogP contribution in [0.2, 0.25) is 0 Å². The first-order chi connectivity index (χ1) is 15.6. The van der Waals surface area contributed by atoms with Crippen molar-refractivity contribution in [3.05, 3.63) is 39.3 Å². The summed E-state index contributed by atoms with van der Waals surface area (Å²) in [4.78, 5) is 18.2. The zero-order valence-electron chi connectivity index (χ0n) is 17.6. The maximum Gasteiger partial charge on any atom is 0.250 e. The van der Waals surface area contributed by atoms with E-state index in [-0.39, 0.29) is 0 Å². The zero-order valence-corrected chi connectivity index (χ0v) is 20.8. The lowest BCUT2D eigenvalue weighted by Crippen LogP contribution is -2.38. The number of nitrogens with one attached hydrogen (secondary N) is 1. The molecule has 32 heavy (non-hydrogen) atoms. The second kappa shape index (κ2) is 11.1. The van der Waals surface area contributed by atoms with Gasteiger partial charge < -0.3 is 19.3 Å². The summed E-state index contributed by atoms with van der Waals surface area (Å²) in [5, 5.41) is 4.35. The van der Waals surface area contributed by atoms with Crippen LogP contribution >= 0.6 is 31.9 Å². The van der Waals surface area contributed by atoms with Gasteiger partial charge in [0.1, 0.15) is 12.4 Å². The molecule has 1 N–H and O–H groups in total. The van der Waals surface area contributed by atoms with Gasteiger partial charge in [0.05, 0.1) is 28.4 Å². The molecule has 0 atom stereocenters. The minimum atomic E-state index is 0.420. The van der Waals surface area contributed by atoms with Gasteiger partial charge in [-0.25, -0.2) is 5.43 Å². The molecule has 0 saturated carbocycles. The Bertz CT molecular complexity index is 954. The highest BCUT2D eigenvalue weighted by molar-refractivity contribution is 9.11. The third kappa shape index (κ3) is 5.76. The van der Waals surface area contributed by atoms with Crippen molar-refractivity contribution in [2.45, 2.75) is 12.8 Å². The van der Waals surface area contributed by atoms with E-state index in [0.29, 0.717) is 37.7 Å². The van der Waals surface area contributed by atoms with Gasteiger partial charge in [-0.1, -0.05) is 12.7 Å². The topological polar surface area (TPSA) is 88.0 Å². The van der Waals surface area contributed by atoms with E-state index in [0.717, 1.165) is 59.3 Å². The Hall–Kier alpha value is -2.24. The van der Waals surface area contributed by atoms with Gasteiger partial charge in [0.15, 0.2) is 0 Å². The van der Waals surface area contributed by atoms with E-state index in [1.807, 2.05) is 12.1 Å². The fourth-order valence-electron chi connectivity index (χ4n) is 3.47. The first kappa shape index (κ1) is 22.9. The highest BCUT2D eigenvalue weighted by Gasteiger charge is 2.21. The van der Waals surface area contributed by atoms with Crippen molar-refractivity contribution in [1.29, 1.82) is 0 Å². The number of aromatic nitrogens is 3. The molecule has 0 unspecified atom stereocenters. The third-order valence-electron chi connectivity index (χ3n) is 5.04. The molecule has 4 rings (SSSR count). The van der Waals surface area contributed by atoms with Gasteiger partial charge in [-0.15, -0.1) is 0 Å². The second-order valence-electron chi connectivity index (χ2n) is 7.34. The monoisotopic (exact) mass is 565 g/mol. The Balaban J connectivity index is 1.52. The van der Waals surface area contributed by atoms with E-state index in [2.05, 4.69) is 68.7 Å². The summed E-state index contributed by atoms with van der Waals surface area (Å²) in [6, 6.07) is 3.85. The molecule has 3 heterocycles. The van der Waals surface area contributed by atoms with Crippen LogP contribution in [0.3, 0.4) is 0 Å². The zero-order chi connectivity index (χ0) is 22.3. The first-order valence-corrected chi connectivity index (χ1v) is 12.1. The van der Waals surface area contributed by atoms with Crippen molar-refractivity contribution in [3.8, 4) is 5.75 Å². The van der Waals surface area contributed by atoms with Crippen LogP contribution in [-0.2, 0) is 4.74 Å². The van der Waals surface area contributed by atoms with Crippen molar-refractivity contribution < 1.29 is 9.47 Å². The maximum atomic E-state index is 5.66. The minimum absolute atomic E-state index is 0.420. The highest BCUT2D eigenvalue weighted by atomic mass is 79.9. The minimum Gasteiger partial charge on any atom is -0.487 e. The molecule has 2 aliphatic heterocycles. The van der Waals surface area contributed by atoms with Gasteiger partial charge in [0, 0.05) is 26.2 Å². The van der Waals surface area contributed by atoms with Gasteiger partial charge >= 0.3 is 0 Å². The van der Waals surface area contributed by atoms with E-state index in [1.54, 1.807) is 12.3 Å². The van der Waals surface area contributed by atoms with Crippen LogP contribution in [0.1, 0.15) is 18.4 Å². The molecular weight excluding hydrogens is 542 g/mol. The number of hydrogen-bond donors (Lipinski definition) is 1. The van der Waals surface area contributed by atoms with E-state index >= 15 is 0 Å². The van der Waals surface area contributed by atoms with Crippen molar-refractivity contribution in [2.24, 2.45) is 5.10 Å². The number of hydrazone groups is 1. The summed E-state index contributed by atoms with van der Waals surface area (Å²) in [5.41, 5.74) is 3.85. The van der Waals surface area contributed by atoms with Crippen molar-refractivity contribution in [1.82, 2.24) is 15.0 Å². The Morgan fingerprint density at radius 3 is 2.28 bits per heavy atom. The van der Waals surface area contributed by atoms with Crippen LogP contribution in [-0.4, -0.2) is 67.2 Å². The average Bonchev–Trinajstić information content (AvgIpc) is 3.34. The van der Waals surface area contributed by atoms with E-state index in [9.17, 15) is 0 Å². The summed E-state index contributed by atoms with van der Waals surface area (Å²) in [6.07, 6.45) is 5.71. The van der Waals surface area contributed by atoms with Crippen molar-refractivity contribution in [2.75, 3.05) is 61.2 Å². The fourth-order valence-corrected chi connectivity index (χ4v) is 4.92. The quantitative estimate of drug-likeness (QED) is 0.293. The van der Waals surface area contributed by atoms with Crippen LogP contribution in [0.15, 0.2) is 38.8 Å². The van der Waals surface area contributed by atoms with Crippen LogP contribution in [0.4, 0.5) is 17.8 Å². The predicted octanol–water partition coefficient (Wildman–Crippen LogP) is 3.84. The van der Waals surface area contributed by atoms with Gasteiger partial charge in [-0.2, -0.15) is 20.1 Å². The lowest BCUT2D eigenvalue weighted by atomic mass is 10.2. The molecule has 2 fully saturated rings.